The van der Waals surface area contributed by atoms with Crippen LogP contribution in [-0.4, -0.2) is 31.6 Å². The summed E-state index contributed by atoms with van der Waals surface area (Å²) < 4.78 is 10.5. The van der Waals surface area contributed by atoms with Gasteiger partial charge in [-0.2, -0.15) is 5.26 Å². The smallest absolute Gasteiger partial charge is 0.344 e. The van der Waals surface area contributed by atoms with E-state index in [2.05, 4.69) is 20.8 Å². The lowest BCUT2D eigenvalue weighted by Crippen LogP contribution is -2.36. The van der Waals surface area contributed by atoms with Crippen molar-refractivity contribution in [2.24, 2.45) is 0 Å². The van der Waals surface area contributed by atoms with E-state index >= 15 is 0 Å². The number of esters is 1. The van der Waals surface area contributed by atoms with Crippen molar-refractivity contribution in [3.63, 3.8) is 0 Å². The van der Waals surface area contributed by atoms with E-state index in [1.165, 1.54) is 4.90 Å². The highest BCUT2D eigenvalue weighted by atomic mass is 16.6. The number of hydrogen-bond acceptors (Lipinski definition) is 5. The molecular formula is C23H26N2O4. The summed E-state index contributed by atoms with van der Waals surface area (Å²) in [6.07, 6.45) is 0.183. The molecule has 0 atom stereocenters. The van der Waals surface area contributed by atoms with E-state index in [1.54, 1.807) is 36.4 Å². The van der Waals surface area contributed by atoms with Gasteiger partial charge in [0.1, 0.15) is 5.75 Å². The molecule has 0 saturated carbocycles. The van der Waals surface area contributed by atoms with Gasteiger partial charge in [0, 0.05) is 12.2 Å². The molecule has 0 aromatic heterocycles. The average Bonchev–Trinajstić information content (AvgIpc) is 2.71. The van der Waals surface area contributed by atoms with E-state index in [0.717, 1.165) is 5.56 Å². The van der Waals surface area contributed by atoms with Crippen molar-refractivity contribution in [2.45, 2.75) is 32.6 Å². The third-order valence-corrected chi connectivity index (χ3v) is 4.25. The summed E-state index contributed by atoms with van der Waals surface area (Å²) in [5.41, 5.74) is 1.85. The van der Waals surface area contributed by atoms with Gasteiger partial charge in [-0.1, -0.05) is 51.1 Å². The van der Waals surface area contributed by atoms with Gasteiger partial charge in [0.05, 0.1) is 12.5 Å². The van der Waals surface area contributed by atoms with Crippen LogP contribution in [0.1, 0.15) is 32.8 Å². The van der Waals surface area contributed by atoms with E-state index in [1.807, 2.05) is 24.3 Å². The maximum Gasteiger partial charge on any atom is 0.344 e. The summed E-state index contributed by atoms with van der Waals surface area (Å²) in [5.74, 6) is -0.470. The molecule has 2 aromatic rings. The predicted octanol–water partition coefficient (Wildman–Crippen LogP) is 3.85. The number of nitriles is 1. The Morgan fingerprint density at radius 2 is 1.66 bits per heavy atom. The SMILES string of the molecule is CC(C)(C)c1ccc(OCC(=O)OCC(=O)N(CCC#N)c2ccccc2)cc1. The second-order valence-electron chi connectivity index (χ2n) is 7.51. The van der Waals surface area contributed by atoms with Crippen molar-refractivity contribution < 1.29 is 19.1 Å². The summed E-state index contributed by atoms with van der Waals surface area (Å²) in [4.78, 5) is 25.8. The van der Waals surface area contributed by atoms with Crippen molar-refractivity contribution in [3.05, 3.63) is 60.2 Å². The number of carbonyl (C=O) groups excluding carboxylic acids is 2. The monoisotopic (exact) mass is 394 g/mol. The summed E-state index contributed by atoms with van der Waals surface area (Å²) in [6, 6.07) is 18.5. The molecule has 6 heteroatoms. The molecule has 0 saturated heterocycles. The van der Waals surface area contributed by atoms with Crippen molar-refractivity contribution >= 4 is 17.6 Å². The molecule has 6 nitrogen and oxygen atoms in total. The number of hydrogen-bond donors (Lipinski definition) is 0. The highest BCUT2D eigenvalue weighted by Gasteiger charge is 2.18. The minimum atomic E-state index is -0.633. The highest BCUT2D eigenvalue weighted by molar-refractivity contribution is 5.95. The molecule has 1 amide bonds. The van der Waals surface area contributed by atoms with Crippen LogP contribution in [-0.2, 0) is 19.7 Å². The molecule has 2 aromatic carbocycles. The summed E-state index contributed by atoms with van der Waals surface area (Å²) in [6.45, 7) is 5.89. The number of ether oxygens (including phenoxy) is 2. The molecule has 0 spiro atoms. The first kappa shape index (κ1) is 22.0. The minimum absolute atomic E-state index is 0.0357. The molecular weight excluding hydrogens is 368 g/mol. The summed E-state index contributed by atoms with van der Waals surface area (Å²) in [7, 11) is 0. The molecule has 0 aliphatic carbocycles. The Bertz CT molecular complexity index is 849. The van der Waals surface area contributed by atoms with Crippen LogP contribution in [0.2, 0.25) is 0 Å². The molecule has 0 fully saturated rings. The maximum absolute atomic E-state index is 12.5. The fraction of sp³-hybridized carbons (Fsp3) is 0.348. The Kier molecular flexibility index (Phi) is 7.79. The van der Waals surface area contributed by atoms with Gasteiger partial charge >= 0.3 is 5.97 Å². The number of para-hydroxylation sites is 1. The lowest BCUT2D eigenvalue weighted by atomic mass is 9.87. The second kappa shape index (κ2) is 10.3. The largest absolute Gasteiger partial charge is 0.482 e. The molecule has 29 heavy (non-hydrogen) atoms. The summed E-state index contributed by atoms with van der Waals surface area (Å²) in [5, 5.41) is 8.81. The molecule has 0 aliphatic rings. The van der Waals surface area contributed by atoms with Crippen molar-refractivity contribution in [2.75, 3.05) is 24.7 Å². The molecule has 152 valence electrons. The Morgan fingerprint density at radius 1 is 1.00 bits per heavy atom. The molecule has 0 N–H and O–H groups in total. The standard InChI is InChI=1S/C23H26N2O4/c1-23(2,3)18-10-12-20(13-11-18)28-17-22(27)29-16-21(26)25(15-7-14-24)19-8-5-4-6-9-19/h4-6,8-13H,7,15-17H2,1-3H3. The predicted molar refractivity (Wildman–Crippen MR) is 111 cm³/mol. The van der Waals surface area contributed by atoms with E-state index in [4.69, 9.17) is 14.7 Å². The minimum Gasteiger partial charge on any atom is -0.482 e. The van der Waals surface area contributed by atoms with Crippen LogP contribution >= 0.6 is 0 Å². The molecule has 2 rings (SSSR count). The van der Waals surface area contributed by atoms with Crippen LogP contribution in [0.15, 0.2) is 54.6 Å². The Labute approximate surface area is 171 Å². The normalized spacial score (nSPS) is 10.7. The van der Waals surface area contributed by atoms with Crippen LogP contribution in [0, 0.1) is 11.3 Å². The maximum atomic E-state index is 12.5. The van der Waals surface area contributed by atoms with Gasteiger partial charge in [-0.05, 0) is 35.2 Å². The van der Waals surface area contributed by atoms with E-state index < -0.39 is 18.5 Å². The summed E-state index contributed by atoms with van der Waals surface area (Å²) >= 11 is 0. The number of anilines is 1. The van der Waals surface area contributed by atoms with Crippen molar-refractivity contribution in [1.29, 1.82) is 5.26 Å². The zero-order valence-corrected chi connectivity index (χ0v) is 17.1. The second-order valence-corrected chi connectivity index (χ2v) is 7.51. The van der Waals surface area contributed by atoms with Gasteiger partial charge in [0.25, 0.3) is 5.91 Å². The number of nitrogens with zero attached hydrogens (tertiary/aromatic N) is 2. The zero-order valence-electron chi connectivity index (χ0n) is 17.1. The van der Waals surface area contributed by atoms with E-state index in [-0.39, 0.29) is 25.0 Å². The molecule has 0 unspecified atom stereocenters. The van der Waals surface area contributed by atoms with Gasteiger partial charge in [0.2, 0.25) is 0 Å². The van der Waals surface area contributed by atoms with Gasteiger partial charge in [0.15, 0.2) is 13.2 Å². The average molecular weight is 394 g/mol. The first-order valence-electron chi connectivity index (χ1n) is 9.42. The third-order valence-electron chi connectivity index (χ3n) is 4.25. The molecule has 0 radical (unpaired) electrons. The van der Waals surface area contributed by atoms with E-state index in [0.29, 0.717) is 11.4 Å². The first-order valence-corrected chi connectivity index (χ1v) is 9.42. The lowest BCUT2D eigenvalue weighted by Gasteiger charge is -2.21. The van der Waals surface area contributed by atoms with Crippen LogP contribution < -0.4 is 9.64 Å². The van der Waals surface area contributed by atoms with Crippen molar-refractivity contribution in [1.82, 2.24) is 0 Å². The van der Waals surface area contributed by atoms with Crippen LogP contribution in [0.3, 0.4) is 0 Å². The molecule has 0 bridgehead atoms. The van der Waals surface area contributed by atoms with Crippen molar-refractivity contribution in [3.8, 4) is 11.8 Å². The highest BCUT2D eigenvalue weighted by Crippen LogP contribution is 2.24. The zero-order chi connectivity index (χ0) is 21.3. The number of benzene rings is 2. The Morgan fingerprint density at radius 3 is 2.24 bits per heavy atom. The van der Waals surface area contributed by atoms with Gasteiger partial charge in [-0.25, -0.2) is 4.79 Å². The topological polar surface area (TPSA) is 79.6 Å². The van der Waals surface area contributed by atoms with Gasteiger partial charge < -0.3 is 14.4 Å². The van der Waals surface area contributed by atoms with E-state index in [9.17, 15) is 9.59 Å². The lowest BCUT2D eigenvalue weighted by molar-refractivity contribution is -0.149. The van der Waals surface area contributed by atoms with Gasteiger partial charge in [-0.15, -0.1) is 0 Å². The fourth-order valence-electron chi connectivity index (χ4n) is 2.62. The van der Waals surface area contributed by atoms with Gasteiger partial charge in [-0.3, -0.25) is 4.79 Å². The number of rotatable bonds is 8. The van der Waals surface area contributed by atoms with Crippen LogP contribution in [0.4, 0.5) is 5.69 Å². The third kappa shape index (κ3) is 6.96. The van der Waals surface area contributed by atoms with Crippen LogP contribution in [0.5, 0.6) is 5.75 Å². The van der Waals surface area contributed by atoms with Crippen LogP contribution in [0.25, 0.3) is 0 Å². The molecule has 0 heterocycles. The fourth-order valence-corrected chi connectivity index (χ4v) is 2.62. The Hall–Kier alpha value is -3.33. The quantitative estimate of drug-likeness (QED) is 0.635. The number of amides is 1. The number of carbonyl (C=O) groups is 2. The Balaban J connectivity index is 1.85. The molecule has 0 aliphatic heterocycles. The first-order chi connectivity index (χ1) is 13.8.